The van der Waals surface area contributed by atoms with Gasteiger partial charge in [-0.3, -0.25) is 4.90 Å². The molecule has 2 saturated heterocycles. The highest BCUT2D eigenvalue weighted by molar-refractivity contribution is 7.91. The van der Waals surface area contributed by atoms with Crippen LogP contribution in [0.3, 0.4) is 0 Å². The number of rotatable bonds is 3. The van der Waals surface area contributed by atoms with Gasteiger partial charge >= 0.3 is 6.09 Å². The molecule has 0 aliphatic carbocycles. The monoisotopic (exact) mass is 290 g/mol. The van der Waals surface area contributed by atoms with Gasteiger partial charge in [-0.15, -0.1) is 0 Å². The summed E-state index contributed by atoms with van der Waals surface area (Å²) in [5.41, 5.74) is 0. The molecule has 2 aliphatic rings. The van der Waals surface area contributed by atoms with Crippen LogP contribution in [0.4, 0.5) is 4.79 Å². The lowest BCUT2D eigenvalue weighted by atomic mass is 10.1. The number of nitrogens with one attached hydrogen (secondary N) is 1. The van der Waals surface area contributed by atoms with Crippen molar-refractivity contribution in [3.63, 3.8) is 0 Å². The SMILES string of the molecule is CCOC(=O)NC1CS(=O)(=O)CC1N1CCCCC1. The van der Waals surface area contributed by atoms with Crippen molar-refractivity contribution in [3.8, 4) is 0 Å². The van der Waals surface area contributed by atoms with Gasteiger partial charge < -0.3 is 10.1 Å². The number of likely N-dealkylation sites (tertiary alicyclic amines) is 1. The first-order valence-corrected chi connectivity index (χ1v) is 8.72. The molecule has 1 amide bonds. The summed E-state index contributed by atoms with van der Waals surface area (Å²) >= 11 is 0. The zero-order chi connectivity index (χ0) is 13.9. The average molecular weight is 290 g/mol. The second kappa shape index (κ2) is 6.09. The van der Waals surface area contributed by atoms with Crippen molar-refractivity contribution in [2.45, 2.75) is 38.3 Å². The predicted molar refractivity (Wildman–Crippen MR) is 71.8 cm³/mol. The molecule has 1 N–H and O–H groups in total. The lowest BCUT2D eigenvalue weighted by molar-refractivity contribution is 0.128. The summed E-state index contributed by atoms with van der Waals surface area (Å²) in [6.45, 7) is 3.86. The first-order valence-electron chi connectivity index (χ1n) is 6.89. The van der Waals surface area contributed by atoms with Gasteiger partial charge in [0.25, 0.3) is 0 Å². The lowest BCUT2D eigenvalue weighted by Crippen LogP contribution is -2.52. The number of hydrogen-bond acceptors (Lipinski definition) is 5. The van der Waals surface area contributed by atoms with E-state index in [4.69, 9.17) is 4.74 Å². The third-order valence-electron chi connectivity index (χ3n) is 3.76. The van der Waals surface area contributed by atoms with Gasteiger partial charge in [0.2, 0.25) is 0 Å². The summed E-state index contributed by atoms with van der Waals surface area (Å²) < 4.78 is 28.5. The predicted octanol–water partition coefficient (Wildman–Crippen LogP) is 0.384. The van der Waals surface area contributed by atoms with Crippen LogP contribution in [0.15, 0.2) is 0 Å². The van der Waals surface area contributed by atoms with E-state index in [1.807, 2.05) is 0 Å². The lowest BCUT2D eigenvalue weighted by Gasteiger charge is -2.34. The number of piperidine rings is 1. The van der Waals surface area contributed by atoms with E-state index in [-0.39, 0.29) is 23.6 Å². The minimum atomic E-state index is -3.07. The minimum Gasteiger partial charge on any atom is -0.450 e. The second-order valence-corrected chi connectivity index (χ2v) is 7.37. The Morgan fingerprint density at radius 1 is 1.26 bits per heavy atom. The molecule has 2 aliphatic heterocycles. The first-order chi connectivity index (χ1) is 9.02. The molecule has 2 unspecified atom stereocenters. The van der Waals surface area contributed by atoms with Crippen molar-refractivity contribution in [1.82, 2.24) is 10.2 Å². The van der Waals surface area contributed by atoms with Gasteiger partial charge in [-0.1, -0.05) is 6.42 Å². The summed E-state index contributed by atoms with van der Waals surface area (Å²) in [6, 6.07) is -0.447. The Hall–Kier alpha value is -0.820. The number of nitrogens with zero attached hydrogens (tertiary/aromatic N) is 1. The largest absolute Gasteiger partial charge is 0.450 e. The molecular formula is C12H22N2O4S. The standard InChI is InChI=1S/C12H22N2O4S/c1-2-18-12(15)13-10-8-19(16,17)9-11(10)14-6-4-3-5-7-14/h10-11H,2-9H2,1H3,(H,13,15). The number of ether oxygens (including phenoxy) is 1. The van der Waals surface area contributed by atoms with Crippen molar-refractivity contribution in [2.75, 3.05) is 31.2 Å². The van der Waals surface area contributed by atoms with Crippen LogP contribution in [0.5, 0.6) is 0 Å². The third-order valence-corrected chi connectivity index (χ3v) is 5.48. The van der Waals surface area contributed by atoms with Gasteiger partial charge in [-0.2, -0.15) is 0 Å². The fraction of sp³-hybridized carbons (Fsp3) is 0.917. The molecule has 6 nitrogen and oxygen atoms in total. The van der Waals surface area contributed by atoms with Crippen LogP contribution in [0.1, 0.15) is 26.2 Å². The topological polar surface area (TPSA) is 75.7 Å². The second-order valence-electron chi connectivity index (χ2n) is 5.21. The van der Waals surface area contributed by atoms with E-state index < -0.39 is 15.9 Å². The van der Waals surface area contributed by atoms with Crippen LogP contribution in [0.25, 0.3) is 0 Å². The third kappa shape index (κ3) is 3.82. The highest BCUT2D eigenvalue weighted by Crippen LogP contribution is 2.22. The average Bonchev–Trinajstić information content (AvgIpc) is 2.66. The molecule has 0 aromatic carbocycles. The van der Waals surface area contributed by atoms with Gasteiger partial charge in [-0.25, -0.2) is 13.2 Å². The van der Waals surface area contributed by atoms with E-state index in [0.29, 0.717) is 6.61 Å². The van der Waals surface area contributed by atoms with Crippen LogP contribution < -0.4 is 5.32 Å². The van der Waals surface area contributed by atoms with Crippen molar-refractivity contribution < 1.29 is 17.9 Å². The molecule has 0 spiro atoms. The Bertz CT molecular complexity index is 417. The molecule has 0 bridgehead atoms. The Morgan fingerprint density at radius 2 is 1.95 bits per heavy atom. The van der Waals surface area contributed by atoms with Crippen LogP contribution in [0.2, 0.25) is 0 Å². The minimum absolute atomic E-state index is 0.0208. The molecule has 0 aromatic rings. The van der Waals surface area contributed by atoms with E-state index >= 15 is 0 Å². The Kier molecular flexibility index (Phi) is 4.67. The molecule has 0 saturated carbocycles. The Balaban J connectivity index is 2.03. The molecule has 2 fully saturated rings. The molecule has 0 aromatic heterocycles. The molecule has 2 heterocycles. The van der Waals surface area contributed by atoms with Crippen molar-refractivity contribution in [3.05, 3.63) is 0 Å². The van der Waals surface area contributed by atoms with Gasteiger partial charge in [-0.05, 0) is 32.9 Å². The van der Waals surface area contributed by atoms with E-state index in [1.54, 1.807) is 6.92 Å². The van der Waals surface area contributed by atoms with Crippen molar-refractivity contribution >= 4 is 15.9 Å². The molecule has 2 rings (SSSR count). The quantitative estimate of drug-likeness (QED) is 0.813. The van der Waals surface area contributed by atoms with E-state index in [1.165, 1.54) is 6.42 Å². The van der Waals surface area contributed by atoms with Gasteiger partial charge in [0.05, 0.1) is 24.2 Å². The maximum absolute atomic E-state index is 11.8. The van der Waals surface area contributed by atoms with E-state index in [2.05, 4.69) is 10.2 Å². The van der Waals surface area contributed by atoms with Crippen LogP contribution >= 0.6 is 0 Å². The molecule has 7 heteroatoms. The number of alkyl carbamates (subject to hydrolysis) is 1. The summed E-state index contributed by atoms with van der Waals surface area (Å²) in [5, 5.41) is 2.70. The van der Waals surface area contributed by atoms with E-state index in [9.17, 15) is 13.2 Å². The zero-order valence-electron chi connectivity index (χ0n) is 11.3. The molecule has 2 atom stereocenters. The number of sulfone groups is 1. The molecule has 110 valence electrons. The molecule has 19 heavy (non-hydrogen) atoms. The zero-order valence-corrected chi connectivity index (χ0v) is 12.1. The summed E-state index contributed by atoms with van der Waals surface area (Å²) in [7, 11) is -3.07. The fourth-order valence-electron chi connectivity index (χ4n) is 2.90. The number of carbonyl (C=O) groups is 1. The van der Waals surface area contributed by atoms with Crippen molar-refractivity contribution in [1.29, 1.82) is 0 Å². The summed E-state index contributed by atoms with van der Waals surface area (Å²) in [5.74, 6) is 0.164. The summed E-state index contributed by atoms with van der Waals surface area (Å²) in [4.78, 5) is 13.7. The van der Waals surface area contributed by atoms with Gasteiger partial charge in [0.15, 0.2) is 9.84 Å². The van der Waals surface area contributed by atoms with Crippen LogP contribution in [-0.4, -0.2) is 62.7 Å². The van der Waals surface area contributed by atoms with E-state index in [0.717, 1.165) is 25.9 Å². The molecule has 0 radical (unpaired) electrons. The summed E-state index contributed by atoms with van der Waals surface area (Å²) in [6.07, 6.45) is 2.88. The maximum atomic E-state index is 11.8. The number of carbonyl (C=O) groups excluding carboxylic acids is 1. The number of amides is 1. The van der Waals surface area contributed by atoms with Crippen molar-refractivity contribution in [2.24, 2.45) is 0 Å². The maximum Gasteiger partial charge on any atom is 0.407 e. The fourth-order valence-corrected chi connectivity index (χ4v) is 4.85. The number of hydrogen-bond donors (Lipinski definition) is 1. The highest BCUT2D eigenvalue weighted by Gasteiger charge is 2.42. The Morgan fingerprint density at radius 3 is 2.58 bits per heavy atom. The molecular weight excluding hydrogens is 268 g/mol. The highest BCUT2D eigenvalue weighted by atomic mass is 32.2. The van der Waals surface area contributed by atoms with Gasteiger partial charge in [0, 0.05) is 6.04 Å². The normalized spacial score (nSPS) is 31.0. The van der Waals surface area contributed by atoms with Crippen LogP contribution in [0, 0.1) is 0 Å². The smallest absolute Gasteiger partial charge is 0.407 e. The first kappa shape index (κ1) is 14.6. The van der Waals surface area contributed by atoms with Crippen LogP contribution in [-0.2, 0) is 14.6 Å². The Labute approximate surface area is 114 Å². The van der Waals surface area contributed by atoms with Gasteiger partial charge in [0.1, 0.15) is 0 Å².